The van der Waals surface area contributed by atoms with Gasteiger partial charge in [-0.2, -0.15) is 0 Å². The molecule has 6 heteroatoms. The van der Waals surface area contributed by atoms with E-state index in [1.54, 1.807) is 11.9 Å². The lowest BCUT2D eigenvalue weighted by Crippen LogP contribution is -2.51. The summed E-state index contributed by atoms with van der Waals surface area (Å²) in [5.41, 5.74) is 4.01. The largest absolute Gasteiger partial charge is 0.483 e. The Hall–Kier alpha value is -3.12. The van der Waals surface area contributed by atoms with Gasteiger partial charge in [0.2, 0.25) is 5.91 Å². The van der Waals surface area contributed by atoms with E-state index >= 15 is 0 Å². The predicted octanol–water partition coefficient (Wildman–Crippen LogP) is 4.83. The second kappa shape index (κ2) is 11.7. The van der Waals surface area contributed by atoms with Crippen LogP contribution in [0.25, 0.3) is 0 Å². The molecule has 33 heavy (non-hydrogen) atoms. The fraction of sp³-hybridized carbons (Fsp3) is 0.259. The molecule has 1 N–H and O–H groups in total. The molecular formula is C27H29BrN2O3. The maximum absolute atomic E-state index is 13.4. The minimum absolute atomic E-state index is 0.150. The highest BCUT2D eigenvalue weighted by Gasteiger charge is 2.30. The van der Waals surface area contributed by atoms with Crippen LogP contribution in [0.5, 0.6) is 5.75 Å². The van der Waals surface area contributed by atoms with Crippen molar-refractivity contribution in [3.63, 3.8) is 0 Å². The molecule has 1 atom stereocenters. The van der Waals surface area contributed by atoms with E-state index in [1.165, 1.54) is 0 Å². The molecule has 0 saturated heterocycles. The monoisotopic (exact) mass is 508 g/mol. The van der Waals surface area contributed by atoms with Gasteiger partial charge in [-0.1, -0.05) is 76.1 Å². The van der Waals surface area contributed by atoms with Crippen LogP contribution in [0.2, 0.25) is 0 Å². The van der Waals surface area contributed by atoms with Crippen LogP contribution in [-0.4, -0.2) is 36.4 Å². The lowest BCUT2D eigenvalue weighted by Gasteiger charge is -2.31. The first-order chi connectivity index (χ1) is 15.9. The maximum atomic E-state index is 13.4. The summed E-state index contributed by atoms with van der Waals surface area (Å²) in [5, 5.41) is 2.72. The van der Waals surface area contributed by atoms with Gasteiger partial charge in [0.05, 0.1) is 0 Å². The Morgan fingerprint density at radius 2 is 1.67 bits per heavy atom. The summed E-state index contributed by atoms with van der Waals surface area (Å²) in [4.78, 5) is 28.0. The third kappa shape index (κ3) is 6.93. The van der Waals surface area contributed by atoms with Crippen molar-refractivity contribution in [2.45, 2.75) is 32.9 Å². The zero-order valence-corrected chi connectivity index (χ0v) is 20.8. The van der Waals surface area contributed by atoms with Crippen molar-refractivity contribution in [3.05, 3.63) is 99.5 Å². The zero-order chi connectivity index (χ0) is 23.8. The maximum Gasteiger partial charge on any atom is 0.261 e. The Balaban J connectivity index is 1.87. The van der Waals surface area contributed by atoms with Crippen LogP contribution in [0, 0.1) is 13.8 Å². The number of ether oxygens (including phenoxy) is 1. The molecule has 0 bridgehead atoms. The van der Waals surface area contributed by atoms with Crippen LogP contribution in [0.3, 0.4) is 0 Å². The molecule has 0 radical (unpaired) electrons. The highest BCUT2D eigenvalue weighted by atomic mass is 79.9. The molecule has 3 rings (SSSR count). The lowest BCUT2D eigenvalue weighted by atomic mass is 10.0. The number of nitrogens with one attached hydrogen (secondary N) is 1. The highest BCUT2D eigenvalue weighted by molar-refractivity contribution is 9.10. The topological polar surface area (TPSA) is 58.6 Å². The van der Waals surface area contributed by atoms with Crippen LogP contribution < -0.4 is 10.1 Å². The van der Waals surface area contributed by atoms with E-state index in [1.807, 2.05) is 86.6 Å². The van der Waals surface area contributed by atoms with Crippen molar-refractivity contribution in [1.29, 1.82) is 0 Å². The molecule has 0 aliphatic heterocycles. The molecule has 0 aliphatic rings. The minimum atomic E-state index is -0.670. The second-order valence-electron chi connectivity index (χ2n) is 8.03. The van der Waals surface area contributed by atoms with Gasteiger partial charge < -0.3 is 15.0 Å². The Labute approximate surface area is 203 Å². The normalized spacial score (nSPS) is 11.5. The standard InChI is InChI=1S/C27H29BrN2O3/c1-19-9-14-25(20(2)15-19)33-18-26(31)30(17-22-10-12-23(28)13-11-22)24(27(32)29-3)16-21-7-5-4-6-8-21/h4-15,24H,16-18H2,1-3H3,(H,29,32)/t24-/m0/s1. The summed E-state index contributed by atoms with van der Waals surface area (Å²) < 4.78 is 6.83. The number of likely N-dealkylation sites (N-methyl/N-ethyl adjacent to an activating group) is 1. The first kappa shape index (κ1) is 24.5. The SMILES string of the molecule is CNC(=O)[C@H](Cc1ccccc1)N(Cc1ccc(Br)cc1)C(=O)COc1ccc(C)cc1C. The number of rotatable bonds is 9. The Morgan fingerprint density at radius 1 is 0.970 bits per heavy atom. The number of halogens is 1. The summed E-state index contributed by atoms with van der Waals surface area (Å²) in [6, 6.07) is 22.6. The van der Waals surface area contributed by atoms with E-state index in [-0.39, 0.29) is 18.4 Å². The van der Waals surface area contributed by atoms with Crippen molar-refractivity contribution in [3.8, 4) is 5.75 Å². The van der Waals surface area contributed by atoms with Crippen molar-refractivity contribution < 1.29 is 14.3 Å². The molecular weight excluding hydrogens is 480 g/mol. The van der Waals surface area contributed by atoms with Gasteiger partial charge in [0.1, 0.15) is 11.8 Å². The summed E-state index contributed by atoms with van der Waals surface area (Å²) in [6.07, 6.45) is 0.409. The quantitative estimate of drug-likeness (QED) is 0.450. The number of benzene rings is 3. The smallest absolute Gasteiger partial charge is 0.261 e. The van der Waals surface area contributed by atoms with Gasteiger partial charge in [0.25, 0.3) is 5.91 Å². The number of aryl methyl sites for hydroxylation is 2. The third-order valence-electron chi connectivity index (χ3n) is 5.47. The van der Waals surface area contributed by atoms with Gasteiger partial charge in [-0.25, -0.2) is 0 Å². The van der Waals surface area contributed by atoms with Gasteiger partial charge >= 0.3 is 0 Å². The van der Waals surface area contributed by atoms with Gasteiger partial charge in [0, 0.05) is 24.5 Å². The zero-order valence-electron chi connectivity index (χ0n) is 19.2. The van der Waals surface area contributed by atoms with Gasteiger partial charge in [-0.05, 0) is 48.7 Å². The van der Waals surface area contributed by atoms with Crippen LogP contribution in [-0.2, 0) is 22.6 Å². The first-order valence-electron chi connectivity index (χ1n) is 10.9. The molecule has 0 aliphatic carbocycles. The van der Waals surface area contributed by atoms with Crippen LogP contribution in [0.15, 0.2) is 77.3 Å². The fourth-order valence-corrected chi connectivity index (χ4v) is 3.96. The summed E-state index contributed by atoms with van der Waals surface area (Å²) in [5.74, 6) is 0.204. The van der Waals surface area contributed by atoms with Crippen molar-refractivity contribution in [1.82, 2.24) is 10.2 Å². The number of hydrogen-bond donors (Lipinski definition) is 1. The van der Waals surface area contributed by atoms with E-state index in [2.05, 4.69) is 21.2 Å². The van der Waals surface area contributed by atoms with Gasteiger partial charge in [0.15, 0.2) is 6.61 Å². The van der Waals surface area contributed by atoms with E-state index < -0.39 is 6.04 Å². The minimum Gasteiger partial charge on any atom is -0.483 e. The van der Waals surface area contributed by atoms with Gasteiger partial charge in [-0.3, -0.25) is 9.59 Å². The van der Waals surface area contributed by atoms with E-state index in [9.17, 15) is 9.59 Å². The first-order valence-corrected chi connectivity index (χ1v) is 11.7. The Morgan fingerprint density at radius 3 is 2.30 bits per heavy atom. The van der Waals surface area contributed by atoms with Crippen molar-refractivity contribution in [2.75, 3.05) is 13.7 Å². The molecule has 0 spiro atoms. The van der Waals surface area contributed by atoms with Crippen LogP contribution >= 0.6 is 15.9 Å². The average molecular weight is 509 g/mol. The lowest BCUT2D eigenvalue weighted by molar-refractivity contribution is -0.142. The molecule has 0 fully saturated rings. The molecule has 0 heterocycles. The number of hydrogen-bond acceptors (Lipinski definition) is 3. The molecule has 2 amide bonds. The number of carbonyl (C=O) groups is 2. The number of carbonyl (C=O) groups excluding carboxylic acids is 2. The second-order valence-corrected chi connectivity index (χ2v) is 8.94. The molecule has 0 unspecified atom stereocenters. The molecule has 0 saturated carbocycles. The molecule has 0 aromatic heterocycles. The summed E-state index contributed by atoms with van der Waals surface area (Å²) in [6.45, 7) is 4.12. The van der Waals surface area contributed by atoms with E-state index in [4.69, 9.17) is 4.74 Å². The summed E-state index contributed by atoms with van der Waals surface area (Å²) >= 11 is 3.45. The number of amides is 2. The van der Waals surface area contributed by atoms with Crippen LogP contribution in [0.4, 0.5) is 0 Å². The highest BCUT2D eigenvalue weighted by Crippen LogP contribution is 2.20. The molecule has 3 aromatic carbocycles. The van der Waals surface area contributed by atoms with E-state index in [0.29, 0.717) is 18.7 Å². The molecule has 3 aromatic rings. The molecule has 172 valence electrons. The number of nitrogens with zero attached hydrogens (tertiary/aromatic N) is 1. The predicted molar refractivity (Wildman–Crippen MR) is 134 cm³/mol. The Bertz CT molecular complexity index is 1080. The van der Waals surface area contributed by atoms with Crippen LogP contribution in [0.1, 0.15) is 22.3 Å². The fourth-order valence-electron chi connectivity index (χ4n) is 3.69. The third-order valence-corrected chi connectivity index (χ3v) is 5.99. The van der Waals surface area contributed by atoms with Gasteiger partial charge in [-0.15, -0.1) is 0 Å². The van der Waals surface area contributed by atoms with Crippen molar-refractivity contribution >= 4 is 27.7 Å². The molecule has 5 nitrogen and oxygen atoms in total. The summed E-state index contributed by atoms with van der Waals surface area (Å²) in [7, 11) is 1.59. The van der Waals surface area contributed by atoms with Crippen molar-refractivity contribution in [2.24, 2.45) is 0 Å². The average Bonchev–Trinajstić information content (AvgIpc) is 2.82. The Kier molecular flexibility index (Phi) is 8.66. The van der Waals surface area contributed by atoms with E-state index in [0.717, 1.165) is 26.7 Å².